The highest BCUT2D eigenvalue weighted by molar-refractivity contribution is 7.92. The molecule has 0 radical (unpaired) electrons. The number of methoxy groups -OCH3 is 2. The number of sulfonamides is 1. The van der Waals surface area contributed by atoms with E-state index < -0.39 is 16.1 Å². The summed E-state index contributed by atoms with van der Waals surface area (Å²) in [5.41, 5.74) is 1.32. The van der Waals surface area contributed by atoms with E-state index in [0.29, 0.717) is 17.2 Å². The molecule has 2 atom stereocenters. The molecule has 2 rings (SSSR count). The third kappa shape index (κ3) is 8.96. The van der Waals surface area contributed by atoms with Crippen LogP contribution in [0, 0.1) is 0 Å². The molecular weight excluding hydrogens is 494 g/mol. The van der Waals surface area contributed by atoms with Gasteiger partial charge in [-0.05, 0) is 56.5 Å². The van der Waals surface area contributed by atoms with E-state index in [2.05, 4.69) is 5.32 Å². The van der Waals surface area contributed by atoms with Crippen LogP contribution in [0.1, 0.15) is 45.6 Å². The van der Waals surface area contributed by atoms with Gasteiger partial charge in [0.2, 0.25) is 21.8 Å². The molecule has 2 aromatic carbocycles. The number of nitrogens with zero attached hydrogens (tertiary/aromatic N) is 2. The van der Waals surface area contributed by atoms with Gasteiger partial charge in [-0.1, -0.05) is 25.1 Å². The van der Waals surface area contributed by atoms with Crippen molar-refractivity contribution < 1.29 is 27.5 Å². The van der Waals surface area contributed by atoms with Crippen LogP contribution < -0.4 is 19.1 Å². The quantitative estimate of drug-likeness (QED) is 0.398. The average molecular weight is 534 g/mol. The first kappa shape index (κ1) is 30.0. The number of hydrogen-bond acceptors (Lipinski definition) is 6. The summed E-state index contributed by atoms with van der Waals surface area (Å²) in [4.78, 5) is 27.8. The number of ether oxygens (including phenoxy) is 2. The molecule has 0 aliphatic rings. The molecule has 0 spiro atoms. The maximum atomic E-state index is 13.4. The number of amides is 2. The molecule has 37 heavy (non-hydrogen) atoms. The van der Waals surface area contributed by atoms with Gasteiger partial charge in [0, 0.05) is 31.6 Å². The number of carbonyl (C=O) groups excluding carboxylic acids is 2. The fraction of sp³-hybridized carbons (Fsp3) is 0.481. The minimum atomic E-state index is -3.59. The topological polar surface area (TPSA) is 105 Å². The monoisotopic (exact) mass is 533 g/mol. The summed E-state index contributed by atoms with van der Waals surface area (Å²) in [6, 6.07) is 13.4. The minimum absolute atomic E-state index is 0.0147. The Bertz CT molecular complexity index is 1140. The van der Waals surface area contributed by atoms with E-state index in [0.717, 1.165) is 18.2 Å². The van der Waals surface area contributed by atoms with Gasteiger partial charge >= 0.3 is 0 Å². The number of rotatable bonds is 14. The van der Waals surface area contributed by atoms with Gasteiger partial charge in [-0.2, -0.15) is 0 Å². The lowest BCUT2D eigenvalue weighted by Crippen LogP contribution is -2.49. The Morgan fingerprint density at radius 1 is 1.00 bits per heavy atom. The van der Waals surface area contributed by atoms with Crippen LogP contribution in [-0.2, 0) is 26.2 Å². The van der Waals surface area contributed by atoms with Crippen LogP contribution in [0.2, 0.25) is 0 Å². The van der Waals surface area contributed by atoms with E-state index >= 15 is 0 Å². The van der Waals surface area contributed by atoms with E-state index in [4.69, 9.17) is 9.47 Å². The molecule has 0 aliphatic heterocycles. The molecule has 204 valence electrons. The van der Waals surface area contributed by atoms with Crippen molar-refractivity contribution in [2.24, 2.45) is 0 Å². The Morgan fingerprint density at radius 2 is 1.65 bits per heavy atom. The van der Waals surface area contributed by atoms with E-state index in [9.17, 15) is 18.0 Å². The molecule has 0 saturated carbocycles. The third-order valence-corrected chi connectivity index (χ3v) is 7.37. The summed E-state index contributed by atoms with van der Waals surface area (Å²) in [5, 5.41) is 2.94. The Hall–Kier alpha value is -3.27. The van der Waals surface area contributed by atoms with Crippen molar-refractivity contribution in [3.63, 3.8) is 0 Å². The molecule has 1 N–H and O–H groups in total. The highest BCUT2D eigenvalue weighted by Crippen LogP contribution is 2.24. The molecule has 10 heteroatoms. The first-order valence-corrected chi connectivity index (χ1v) is 14.2. The van der Waals surface area contributed by atoms with Crippen molar-refractivity contribution in [1.29, 1.82) is 0 Å². The van der Waals surface area contributed by atoms with Crippen molar-refractivity contribution in [2.75, 3.05) is 31.3 Å². The summed E-state index contributed by atoms with van der Waals surface area (Å²) < 4.78 is 36.7. The number of hydrogen-bond donors (Lipinski definition) is 1. The summed E-state index contributed by atoms with van der Waals surface area (Å²) in [7, 11) is -0.492. The van der Waals surface area contributed by atoms with Gasteiger partial charge in [0.15, 0.2) is 0 Å². The number of anilines is 1. The van der Waals surface area contributed by atoms with Gasteiger partial charge in [0.25, 0.3) is 0 Å². The lowest BCUT2D eigenvalue weighted by molar-refractivity contribution is -0.140. The van der Waals surface area contributed by atoms with Crippen LogP contribution in [0.25, 0.3) is 0 Å². The van der Waals surface area contributed by atoms with Gasteiger partial charge in [-0.15, -0.1) is 0 Å². The molecule has 0 fully saturated rings. The first-order valence-electron chi connectivity index (χ1n) is 12.3. The fourth-order valence-electron chi connectivity index (χ4n) is 3.75. The van der Waals surface area contributed by atoms with Gasteiger partial charge in [-0.25, -0.2) is 8.42 Å². The summed E-state index contributed by atoms with van der Waals surface area (Å²) in [6.07, 6.45) is 2.26. The third-order valence-electron chi connectivity index (χ3n) is 6.17. The summed E-state index contributed by atoms with van der Waals surface area (Å²) in [5.74, 6) is 0.767. The molecular formula is C27H39N3O6S. The summed E-state index contributed by atoms with van der Waals surface area (Å²) in [6.45, 7) is 5.95. The number of nitrogens with one attached hydrogen (secondary N) is 1. The molecule has 2 aromatic rings. The van der Waals surface area contributed by atoms with E-state index in [1.165, 1.54) is 16.3 Å². The molecule has 0 aliphatic carbocycles. The van der Waals surface area contributed by atoms with Gasteiger partial charge in [0.1, 0.15) is 17.5 Å². The van der Waals surface area contributed by atoms with Crippen LogP contribution in [0.15, 0.2) is 48.5 Å². The Balaban J connectivity index is 2.19. The van der Waals surface area contributed by atoms with Gasteiger partial charge in [-0.3, -0.25) is 13.9 Å². The van der Waals surface area contributed by atoms with Crippen LogP contribution >= 0.6 is 0 Å². The molecule has 0 bridgehead atoms. The summed E-state index contributed by atoms with van der Waals surface area (Å²) >= 11 is 0. The van der Waals surface area contributed by atoms with Crippen LogP contribution in [-0.4, -0.2) is 64.2 Å². The fourth-order valence-corrected chi connectivity index (χ4v) is 4.70. The lowest BCUT2D eigenvalue weighted by atomic mass is 10.1. The standard InChI is InChI=1S/C27H39N3O6S/c1-7-20(2)28-27(32)21(3)29(19-22-13-15-24(35-4)16-14-22)26(31)12-9-17-30(37(6,33)34)23-10-8-11-25(18-23)36-5/h8,10-11,13-16,18,20-21H,7,9,12,17,19H2,1-6H3,(H,28,32)/t20-,21-/m0/s1. The van der Waals surface area contributed by atoms with E-state index in [1.54, 1.807) is 50.4 Å². The van der Waals surface area contributed by atoms with Crippen LogP contribution in [0.5, 0.6) is 11.5 Å². The second-order valence-electron chi connectivity index (χ2n) is 9.00. The van der Waals surface area contributed by atoms with Gasteiger partial charge < -0.3 is 19.7 Å². The van der Waals surface area contributed by atoms with Crippen LogP contribution in [0.3, 0.4) is 0 Å². The first-order chi connectivity index (χ1) is 17.5. The minimum Gasteiger partial charge on any atom is -0.497 e. The molecule has 0 unspecified atom stereocenters. The lowest BCUT2D eigenvalue weighted by Gasteiger charge is -2.30. The predicted octanol–water partition coefficient (Wildman–Crippen LogP) is 3.58. The maximum absolute atomic E-state index is 13.4. The molecule has 0 heterocycles. The van der Waals surface area contributed by atoms with Crippen molar-refractivity contribution in [2.45, 2.75) is 58.7 Å². The largest absolute Gasteiger partial charge is 0.497 e. The number of benzene rings is 2. The Morgan fingerprint density at radius 3 is 2.22 bits per heavy atom. The van der Waals surface area contributed by atoms with Gasteiger partial charge in [0.05, 0.1) is 26.2 Å². The Kier molecular flexibility index (Phi) is 11.2. The molecule has 9 nitrogen and oxygen atoms in total. The van der Waals surface area contributed by atoms with E-state index in [-0.39, 0.29) is 43.8 Å². The Labute approximate surface area is 220 Å². The SMILES string of the molecule is CC[C@H](C)NC(=O)[C@H](C)N(Cc1ccc(OC)cc1)C(=O)CCCN(c1cccc(OC)c1)S(C)(=O)=O. The van der Waals surface area contributed by atoms with E-state index in [1.807, 2.05) is 26.0 Å². The number of carbonyl (C=O) groups is 2. The zero-order valence-corrected chi connectivity index (χ0v) is 23.4. The van der Waals surface area contributed by atoms with Crippen molar-refractivity contribution in [3.8, 4) is 11.5 Å². The zero-order chi connectivity index (χ0) is 27.6. The second-order valence-corrected chi connectivity index (χ2v) is 10.9. The highest BCUT2D eigenvalue weighted by Gasteiger charge is 2.27. The predicted molar refractivity (Wildman–Crippen MR) is 145 cm³/mol. The zero-order valence-electron chi connectivity index (χ0n) is 22.6. The van der Waals surface area contributed by atoms with Crippen molar-refractivity contribution in [3.05, 3.63) is 54.1 Å². The molecule has 0 saturated heterocycles. The van der Waals surface area contributed by atoms with Crippen molar-refractivity contribution >= 4 is 27.5 Å². The average Bonchev–Trinajstić information content (AvgIpc) is 2.88. The molecule has 2 amide bonds. The smallest absolute Gasteiger partial charge is 0.242 e. The molecule has 0 aromatic heterocycles. The van der Waals surface area contributed by atoms with Crippen LogP contribution in [0.4, 0.5) is 5.69 Å². The second kappa shape index (κ2) is 13.9. The highest BCUT2D eigenvalue weighted by atomic mass is 32.2. The maximum Gasteiger partial charge on any atom is 0.242 e. The van der Waals surface area contributed by atoms with Crippen molar-refractivity contribution in [1.82, 2.24) is 10.2 Å². The normalized spacial score (nSPS) is 12.8.